The maximum absolute atomic E-state index is 11.3. The molecule has 0 radical (unpaired) electrons. The number of carbonyl (C=O) groups is 2. The second-order valence-electron chi connectivity index (χ2n) is 2.89. The maximum atomic E-state index is 11.3. The van der Waals surface area contributed by atoms with Gasteiger partial charge in [0, 0.05) is 0 Å². The monoisotopic (exact) mass is 196 g/mol. The van der Waals surface area contributed by atoms with Crippen LogP contribution in [0.15, 0.2) is 24.8 Å². The van der Waals surface area contributed by atoms with Crippen molar-refractivity contribution in [1.29, 1.82) is 0 Å². The van der Waals surface area contributed by atoms with Crippen LogP contribution in [-0.4, -0.2) is 18.4 Å². The fraction of sp³-hybridized carbons (Fsp3) is 0.455. The Bertz CT molecular complexity index is 241. The van der Waals surface area contributed by atoms with Crippen LogP contribution in [0.2, 0.25) is 0 Å². The van der Waals surface area contributed by atoms with Gasteiger partial charge in [-0.15, -0.1) is 0 Å². The molecule has 0 rings (SSSR count). The summed E-state index contributed by atoms with van der Waals surface area (Å²) in [7, 11) is 0. The van der Waals surface area contributed by atoms with Crippen LogP contribution < -0.4 is 0 Å². The van der Waals surface area contributed by atoms with Crippen molar-refractivity contribution >= 4 is 11.8 Å². The van der Waals surface area contributed by atoms with Gasteiger partial charge in [0.25, 0.3) is 0 Å². The minimum atomic E-state index is -0.675. The van der Waals surface area contributed by atoms with Crippen LogP contribution in [0.4, 0.5) is 0 Å². The molecule has 0 aromatic rings. The summed E-state index contributed by atoms with van der Waals surface area (Å²) < 4.78 is 4.80. The van der Waals surface area contributed by atoms with Crippen molar-refractivity contribution in [1.82, 2.24) is 0 Å². The zero-order valence-corrected chi connectivity index (χ0v) is 8.66. The van der Waals surface area contributed by atoms with Gasteiger partial charge in [-0.05, 0) is 20.3 Å². The van der Waals surface area contributed by atoms with Gasteiger partial charge >= 0.3 is 5.97 Å². The van der Waals surface area contributed by atoms with Crippen molar-refractivity contribution in [3.05, 3.63) is 24.8 Å². The summed E-state index contributed by atoms with van der Waals surface area (Å²) in [5.74, 6) is -1.32. The highest BCUT2D eigenvalue weighted by molar-refractivity contribution is 5.97. The third kappa shape index (κ3) is 4.60. The molecular weight excluding hydrogens is 180 g/mol. The van der Waals surface area contributed by atoms with Gasteiger partial charge in [-0.2, -0.15) is 0 Å². The van der Waals surface area contributed by atoms with Gasteiger partial charge in [-0.1, -0.05) is 24.8 Å². The number of esters is 1. The van der Waals surface area contributed by atoms with Crippen LogP contribution in [-0.2, 0) is 14.3 Å². The molecule has 0 N–H and O–H groups in total. The zero-order valence-electron chi connectivity index (χ0n) is 8.66. The summed E-state index contributed by atoms with van der Waals surface area (Å²) in [6.45, 7) is 6.81. The van der Waals surface area contributed by atoms with E-state index in [0.717, 1.165) is 0 Å². The lowest BCUT2D eigenvalue weighted by molar-refractivity contribution is -0.150. The summed E-state index contributed by atoms with van der Waals surface area (Å²) >= 11 is 0. The molecule has 0 saturated heterocycles. The van der Waals surface area contributed by atoms with E-state index in [2.05, 4.69) is 6.58 Å². The molecular formula is C11H16O3. The summed E-state index contributed by atoms with van der Waals surface area (Å²) in [5, 5.41) is 0. The first-order valence-corrected chi connectivity index (χ1v) is 4.52. The van der Waals surface area contributed by atoms with E-state index < -0.39 is 11.9 Å². The van der Waals surface area contributed by atoms with E-state index >= 15 is 0 Å². The van der Waals surface area contributed by atoms with Crippen molar-refractivity contribution in [2.75, 3.05) is 6.61 Å². The number of allylic oxidation sites excluding steroid dienone is 2. The first-order valence-electron chi connectivity index (χ1n) is 4.52. The standard InChI is InChI=1S/C11H16O3/c1-4-6-7-10(9(3)12)11(13)14-8-5-2/h4-6,10H,2,7-8H2,1,3H3/b6-4+. The minimum Gasteiger partial charge on any atom is -0.461 e. The Balaban J connectivity index is 4.25. The van der Waals surface area contributed by atoms with Crippen molar-refractivity contribution < 1.29 is 14.3 Å². The van der Waals surface area contributed by atoms with Crippen LogP contribution in [0.5, 0.6) is 0 Å². The van der Waals surface area contributed by atoms with Gasteiger partial charge in [0.05, 0.1) is 0 Å². The molecule has 3 heteroatoms. The van der Waals surface area contributed by atoms with E-state index in [1.54, 1.807) is 12.2 Å². The van der Waals surface area contributed by atoms with Gasteiger partial charge < -0.3 is 4.74 Å². The van der Waals surface area contributed by atoms with E-state index in [0.29, 0.717) is 6.42 Å². The van der Waals surface area contributed by atoms with E-state index in [-0.39, 0.29) is 12.4 Å². The first kappa shape index (κ1) is 12.6. The molecule has 0 spiro atoms. The van der Waals surface area contributed by atoms with Crippen molar-refractivity contribution in [2.24, 2.45) is 5.92 Å². The Morgan fingerprint density at radius 3 is 2.57 bits per heavy atom. The van der Waals surface area contributed by atoms with Gasteiger partial charge in [-0.25, -0.2) is 0 Å². The van der Waals surface area contributed by atoms with Gasteiger partial charge in [-0.3, -0.25) is 9.59 Å². The Morgan fingerprint density at radius 1 is 1.50 bits per heavy atom. The largest absolute Gasteiger partial charge is 0.461 e. The summed E-state index contributed by atoms with van der Waals surface area (Å²) in [6, 6.07) is 0. The summed E-state index contributed by atoms with van der Waals surface area (Å²) in [6.07, 6.45) is 5.46. The molecule has 0 aliphatic carbocycles. The molecule has 0 aliphatic rings. The van der Waals surface area contributed by atoms with Crippen LogP contribution >= 0.6 is 0 Å². The second-order valence-corrected chi connectivity index (χ2v) is 2.89. The molecule has 0 aliphatic heterocycles. The molecule has 0 aromatic carbocycles. The van der Waals surface area contributed by atoms with Crippen LogP contribution in [0, 0.1) is 5.92 Å². The number of rotatable bonds is 6. The number of ether oxygens (including phenoxy) is 1. The maximum Gasteiger partial charge on any atom is 0.317 e. The second kappa shape index (κ2) is 7.06. The average molecular weight is 196 g/mol. The molecule has 0 fully saturated rings. The number of hydrogen-bond donors (Lipinski definition) is 0. The molecule has 1 atom stereocenters. The molecule has 0 saturated carbocycles. The lowest BCUT2D eigenvalue weighted by Gasteiger charge is -2.09. The summed E-state index contributed by atoms with van der Waals surface area (Å²) in [4.78, 5) is 22.4. The zero-order chi connectivity index (χ0) is 11.0. The molecule has 0 bridgehead atoms. The van der Waals surface area contributed by atoms with Crippen LogP contribution in [0.25, 0.3) is 0 Å². The molecule has 1 unspecified atom stereocenters. The Labute approximate surface area is 84.4 Å². The van der Waals surface area contributed by atoms with Gasteiger partial charge in [0.15, 0.2) is 0 Å². The Kier molecular flexibility index (Phi) is 6.37. The van der Waals surface area contributed by atoms with Crippen molar-refractivity contribution in [2.45, 2.75) is 20.3 Å². The van der Waals surface area contributed by atoms with Gasteiger partial charge in [0.1, 0.15) is 18.3 Å². The number of hydrogen-bond acceptors (Lipinski definition) is 3. The van der Waals surface area contributed by atoms with E-state index in [9.17, 15) is 9.59 Å². The molecule has 0 heterocycles. The fourth-order valence-electron chi connectivity index (χ4n) is 0.942. The molecule has 78 valence electrons. The highest BCUT2D eigenvalue weighted by Gasteiger charge is 2.22. The number of ketones is 1. The fourth-order valence-corrected chi connectivity index (χ4v) is 0.942. The molecule has 0 amide bonds. The predicted octanol–water partition coefficient (Wildman–Crippen LogP) is 1.89. The smallest absolute Gasteiger partial charge is 0.317 e. The van der Waals surface area contributed by atoms with E-state index in [1.165, 1.54) is 13.0 Å². The van der Waals surface area contributed by atoms with Crippen LogP contribution in [0.1, 0.15) is 20.3 Å². The van der Waals surface area contributed by atoms with Crippen LogP contribution in [0.3, 0.4) is 0 Å². The quantitative estimate of drug-likeness (QED) is 0.370. The van der Waals surface area contributed by atoms with Crippen molar-refractivity contribution in [3.8, 4) is 0 Å². The Morgan fingerprint density at radius 2 is 2.14 bits per heavy atom. The Hall–Kier alpha value is -1.38. The lowest BCUT2D eigenvalue weighted by atomic mass is 10.0. The molecule has 3 nitrogen and oxygen atoms in total. The van der Waals surface area contributed by atoms with Crippen molar-refractivity contribution in [3.63, 3.8) is 0 Å². The highest BCUT2D eigenvalue weighted by Crippen LogP contribution is 2.08. The minimum absolute atomic E-state index is 0.151. The molecule has 0 aromatic heterocycles. The lowest BCUT2D eigenvalue weighted by Crippen LogP contribution is -2.23. The third-order valence-corrected chi connectivity index (χ3v) is 1.73. The first-order chi connectivity index (χ1) is 6.63. The topological polar surface area (TPSA) is 43.4 Å². The normalized spacial score (nSPS) is 12.4. The van der Waals surface area contributed by atoms with E-state index in [4.69, 9.17) is 4.74 Å². The molecule has 14 heavy (non-hydrogen) atoms. The van der Waals surface area contributed by atoms with E-state index in [1.807, 2.05) is 6.92 Å². The predicted molar refractivity (Wildman–Crippen MR) is 54.8 cm³/mol. The highest BCUT2D eigenvalue weighted by atomic mass is 16.5. The SMILES string of the molecule is C=CCOC(=O)C(C/C=C/C)C(C)=O. The van der Waals surface area contributed by atoms with Gasteiger partial charge in [0.2, 0.25) is 0 Å². The average Bonchev–Trinajstić information content (AvgIpc) is 2.14. The summed E-state index contributed by atoms with van der Waals surface area (Å²) in [5.41, 5.74) is 0. The third-order valence-electron chi connectivity index (χ3n) is 1.73. The number of Topliss-reactive ketones (excluding diaryl/α,β-unsaturated/α-hetero) is 1. The number of carbonyl (C=O) groups excluding carboxylic acids is 2.